The highest BCUT2D eigenvalue weighted by Crippen LogP contribution is 2.20. The zero-order valence-electron chi connectivity index (χ0n) is 15.2. The molecule has 0 atom stereocenters. The Hall–Kier alpha value is -3.74. The third kappa shape index (κ3) is 3.29. The molecule has 2 aromatic heterocycles. The van der Waals surface area contributed by atoms with Gasteiger partial charge < -0.3 is 9.26 Å². The van der Waals surface area contributed by atoms with Gasteiger partial charge in [-0.2, -0.15) is 5.10 Å². The zero-order valence-corrected chi connectivity index (χ0v) is 15.2. The smallest absolute Gasteiger partial charge is 0.359 e. The summed E-state index contributed by atoms with van der Waals surface area (Å²) in [6.07, 6.45) is 0. The highest BCUT2D eigenvalue weighted by Gasteiger charge is 2.18. The highest BCUT2D eigenvalue weighted by atomic mass is 16.5. The van der Waals surface area contributed by atoms with Gasteiger partial charge in [-0.1, -0.05) is 53.7 Å². The minimum Gasteiger partial charge on any atom is -0.454 e. The van der Waals surface area contributed by atoms with Gasteiger partial charge in [-0.05, 0) is 13.0 Å². The number of fused-ring (bicyclic) bond motifs is 1. The topological polar surface area (TPSA) is 87.2 Å². The summed E-state index contributed by atoms with van der Waals surface area (Å²) in [6.45, 7) is 2.09. The van der Waals surface area contributed by atoms with Gasteiger partial charge in [0.05, 0.1) is 5.39 Å². The number of aryl methyl sites for hydroxylation is 1. The van der Waals surface area contributed by atoms with Crippen molar-refractivity contribution in [1.29, 1.82) is 0 Å². The van der Waals surface area contributed by atoms with E-state index in [2.05, 4.69) is 10.3 Å². The number of ether oxygens (including phenoxy) is 1. The van der Waals surface area contributed by atoms with E-state index in [-0.39, 0.29) is 17.9 Å². The van der Waals surface area contributed by atoms with Gasteiger partial charge in [0.15, 0.2) is 11.5 Å². The van der Waals surface area contributed by atoms with E-state index in [9.17, 15) is 9.59 Å². The molecule has 28 heavy (non-hydrogen) atoms. The second-order valence-electron chi connectivity index (χ2n) is 6.14. The number of hydrogen-bond acceptors (Lipinski definition) is 6. The number of rotatable bonds is 5. The second kappa shape index (κ2) is 7.48. The third-order valence-electron chi connectivity index (χ3n) is 4.33. The summed E-state index contributed by atoms with van der Waals surface area (Å²) in [4.78, 5) is 25.0. The zero-order chi connectivity index (χ0) is 19.5. The summed E-state index contributed by atoms with van der Waals surface area (Å²) in [6, 6.07) is 18.1. The maximum atomic E-state index is 12.6. The van der Waals surface area contributed by atoms with Crippen molar-refractivity contribution in [2.45, 2.75) is 20.1 Å². The van der Waals surface area contributed by atoms with Crippen LogP contribution in [0.3, 0.4) is 0 Å². The molecule has 4 aromatic rings. The first kappa shape index (κ1) is 17.7. The lowest BCUT2D eigenvalue weighted by molar-refractivity contribution is 0.0457. The molecular weight excluding hydrogens is 358 g/mol. The van der Waals surface area contributed by atoms with E-state index in [1.54, 1.807) is 37.3 Å². The Morgan fingerprint density at radius 1 is 1.07 bits per heavy atom. The minimum atomic E-state index is -0.623. The average molecular weight is 375 g/mol. The van der Waals surface area contributed by atoms with Crippen LogP contribution in [-0.2, 0) is 17.9 Å². The summed E-state index contributed by atoms with van der Waals surface area (Å²) in [5.74, 6) is -0.0302. The number of aromatic nitrogens is 3. The molecular formula is C21H17N3O4. The van der Waals surface area contributed by atoms with Crippen LogP contribution in [-0.4, -0.2) is 20.9 Å². The number of carbonyl (C=O) groups excluding carboxylic acids is 1. The molecule has 0 aliphatic carbocycles. The molecule has 140 valence electrons. The lowest BCUT2D eigenvalue weighted by Gasteiger charge is -2.09. The molecule has 0 saturated carbocycles. The molecule has 2 heterocycles. The molecule has 7 heteroatoms. The lowest BCUT2D eigenvalue weighted by Crippen LogP contribution is -2.25. The summed E-state index contributed by atoms with van der Waals surface area (Å²) in [5, 5.41) is 9.01. The molecule has 4 rings (SSSR count). The Kier molecular flexibility index (Phi) is 4.72. The molecule has 0 radical (unpaired) electrons. The molecule has 0 N–H and O–H groups in total. The summed E-state index contributed by atoms with van der Waals surface area (Å²) in [5.41, 5.74) is 1.23. The monoisotopic (exact) mass is 375 g/mol. The number of esters is 1. The van der Waals surface area contributed by atoms with Crippen molar-refractivity contribution in [2.75, 3.05) is 0 Å². The van der Waals surface area contributed by atoms with E-state index in [1.807, 2.05) is 30.3 Å². The van der Waals surface area contributed by atoms with Gasteiger partial charge in [0.2, 0.25) is 0 Å². The molecule has 0 fully saturated rings. The molecule has 0 amide bonds. The largest absolute Gasteiger partial charge is 0.454 e. The summed E-state index contributed by atoms with van der Waals surface area (Å²) < 4.78 is 11.9. The second-order valence-corrected chi connectivity index (χ2v) is 6.14. The average Bonchev–Trinajstić information content (AvgIpc) is 3.22. The molecule has 0 aliphatic heterocycles. The first-order chi connectivity index (χ1) is 13.7. The summed E-state index contributed by atoms with van der Waals surface area (Å²) >= 11 is 0. The predicted octanol–water partition coefficient (Wildman–Crippen LogP) is 3.43. The first-order valence-corrected chi connectivity index (χ1v) is 8.85. The van der Waals surface area contributed by atoms with Crippen molar-refractivity contribution in [1.82, 2.24) is 14.9 Å². The van der Waals surface area contributed by atoms with E-state index in [4.69, 9.17) is 9.26 Å². The van der Waals surface area contributed by atoms with Gasteiger partial charge in [0, 0.05) is 23.6 Å². The van der Waals surface area contributed by atoms with Gasteiger partial charge in [0.25, 0.3) is 5.56 Å². The van der Waals surface area contributed by atoms with E-state index in [0.717, 1.165) is 5.56 Å². The van der Waals surface area contributed by atoms with E-state index in [0.29, 0.717) is 28.8 Å². The van der Waals surface area contributed by atoms with E-state index >= 15 is 0 Å². The highest BCUT2D eigenvalue weighted by molar-refractivity contribution is 6.02. The molecule has 0 spiro atoms. The fourth-order valence-corrected chi connectivity index (χ4v) is 2.93. The molecule has 0 unspecified atom stereocenters. The number of benzene rings is 2. The lowest BCUT2D eigenvalue weighted by atomic mass is 10.1. The normalized spacial score (nSPS) is 10.9. The SMILES string of the molecule is CCn1nc(C(=O)OCc2cc(-c3ccccc3)on2)c2ccccc2c1=O. The van der Waals surface area contributed by atoms with Gasteiger partial charge in [0.1, 0.15) is 12.3 Å². The third-order valence-corrected chi connectivity index (χ3v) is 4.33. The molecule has 7 nitrogen and oxygen atoms in total. The summed E-state index contributed by atoms with van der Waals surface area (Å²) in [7, 11) is 0. The van der Waals surface area contributed by atoms with Gasteiger partial charge in [-0.3, -0.25) is 4.79 Å². The van der Waals surface area contributed by atoms with Crippen LogP contribution in [0.25, 0.3) is 22.1 Å². The van der Waals surface area contributed by atoms with Crippen molar-refractivity contribution in [3.05, 3.63) is 82.4 Å². The van der Waals surface area contributed by atoms with Crippen LogP contribution in [0.2, 0.25) is 0 Å². The standard InChI is InChI=1S/C21H17N3O4/c1-2-24-20(25)17-11-7-6-10-16(17)19(22-24)21(26)27-13-15-12-18(28-23-15)14-8-4-3-5-9-14/h3-12H,2,13H2,1H3. The molecule has 2 aromatic carbocycles. The Bertz CT molecular complexity index is 1200. The Morgan fingerprint density at radius 2 is 1.79 bits per heavy atom. The van der Waals surface area contributed by atoms with Crippen LogP contribution in [0.5, 0.6) is 0 Å². The molecule has 0 aliphatic rings. The van der Waals surface area contributed by atoms with Crippen LogP contribution in [0.1, 0.15) is 23.1 Å². The molecule has 0 bridgehead atoms. The number of carbonyl (C=O) groups is 1. The van der Waals surface area contributed by atoms with Crippen molar-refractivity contribution < 1.29 is 14.1 Å². The maximum Gasteiger partial charge on any atom is 0.359 e. The van der Waals surface area contributed by atoms with Crippen molar-refractivity contribution in [3.63, 3.8) is 0 Å². The number of hydrogen-bond donors (Lipinski definition) is 0. The Morgan fingerprint density at radius 3 is 2.54 bits per heavy atom. The van der Waals surface area contributed by atoms with Crippen LogP contribution in [0.15, 0.2) is 70.0 Å². The van der Waals surface area contributed by atoms with Gasteiger partial charge >= 0.3 is 5.97 Å². The van der Waals surface area contributed by atoms with Crippen LogP contribution in [0, 0.1) is 0 Å². The van der Waals surface area contributed by atoms with Crippen LogP contribution >= 0.6 is 0 Å². The fourth-order valence-electron chi connectivity index (χ4n) is 2.93. The van der Waals surface area contributed by atoms with Gasteiger partial charge in [-0.25, -0.2) is 9.48 Å². The first-order valence-electron chi connectivity index (χ1n) is 8.85. The minimum absolute atomic E-state index is 0.0591. The predicted molar refractivity (Wildman–Crippen MR) is 103 cm³/mol. The van der Waals surface area contributed by atoms with Crippen molar-refractivity contribution >= 4 is 16.7 Å². The van der Waals surface area contributed by atoms with E-state index < -0.39 is 5.97 Å². The molecule has 0 saturated heterocycles. The van der Waals surface area contributed by atoms with Crippen molar-refractivity contribution in [3.8, 4) is 11.3 Å². The van der Waals surface area contributed by atoms with E-state index in [1.165, 1.54) is 4.68 Å². The van der Waals surface area contributed by atoms with Gasteiger partial charge in [-0.15, -0.1) is 0 Å². The Balaban J connectivity index is 1.57. The maximum absolute atomic E-state index is 12.6. The van der Waals surface area contributed by atoms with Crippen LogP contribution in [0.4, 0.5) is 0 Å². The van der Waals surface area contributed by atoms with Crippen molar-refractivity contribution in [2.24, 2.45) is 0 Å². The van der Waals surface area contributed by atoms with Crippen LogP contribution < -0.4 is 5.56 Å². The Labute approximate surface area is 160 Å². The number of nitrogens with zero attached hydrogens (tertiary/aromatic N) is 3. The quantitative estimate of drug-likeness (QED) is 0.497. The fraction of sp³-hybridized carbons (Fsp3) is 0.143.